The molecular weight excluding hydrogens is 286 g/mol. The normalized spacial score (nSPS) is 13.2. The summed E-state index contributed by atoms with van der Waals surface area (Å²) < 4.78 is 7.55. The number of nitrogens with one attached hydrogen (secondary N) is 2. The van der Waals surface area contributed by atoms with Crippen LogP contribution in [0.3, 0.4) is 0 Å². The van der Waals surface area contributed by atoms with Gasteiger partial charge in [-0.05, 0) is 52.0 Å². The number of nitrogens with zero attached hydrogens (tertiary/aromatic N) is 1. The summed E-state index contributed by atoms with van der Waals surface area (Å²) >= 11 is 5.36. The average molecular weight is 307 g/mol. The molecule has 1 unspecified atom stereocenters. The Bertz CT molecular complexity index is 725. The van der Waals surface area contributed by atoms with Crippen molar-refractivity contribution in [2.45, 2.75) is 39.3 Å². The van der Waals surface area contributed by atoms with Crippen molar-refractivity contribution >= 4 is 29.2 Å². The molecule has 1 atom stereocenters. The van der Waals surface area contributed by atoms with E-state index in [2.05, 4.69) is 10.3 Å². The van der Waals surface area contributed by atoms with Gasteiger partial charge < -0.3 is 19.6 Å². The van der Waals surface area contributed by atoms with E-state index < -0.39 is 0 Å². The van der Waals surface area contributed by atoms with E-state index in [-0.39, 0.29) is 17.5 Å². The first-order chi connectivity index (χ1) is 9.73. The minimum Gasteiger partial charge on any atom is -0.497 e. The summed E-state index contributed by atoms with van der Waals surface area (Å²) in [6.07, 6.45) is 0. The molecule has 0 saturated heterocycles. The van der Waals surface area contributed by atoms with Crippen molar-refractivity contribution in [1.82, 2.24) is 14.9 Å². The Morgan fingerprint density at radius 3 is 2.67 bits per heavy atom. The monoisotopic (exact) mass is 307 g/mol. The molecule has 0 bridgehead atoms. The first-order valence-corrected chi connectivity index (χ1v) is 7.24. The lowest BCUT2D eigenvalue weighted by Crippen LogP contribution is -2.43. The fourth-order valence-electron chi connectivity index (χ4n) is 2.21. The maximum absolute atomic E-state index is 12.4. The zero-order valence-corrected chi connectivity index (χ0v) is 13.8. The molecule has 2 N–H and O–H groups in total. The number of amides is 1. The Hall–Kier alpha value is -1.82. The van der Waals surface area contributed by atoms with Gasteiger partial charge in [-0.3, -0.25) is 4.79 Å². The third-order valence-electron chi connectivity index (χ3n) is 3.19. The molecule has 1 amide bonds. The molecule has 0 saturated carbocycles. The summed E-state index contributed by atoms with van der Waals surface area (Å²) in [6.45, 7) is 7.71. The van der Waals surface area contributed by atoms with Crippen molar-refractivity contribution in [3.63, 3.8) is 0 Å². The van der Waals surface area contributed by atoms with Crippen molar-refractivity contribution in [3.05, 3.63) is 23.0 Å². The highest BCUT2D eigenvalue weighted by atomic mass is 32.1. The van der Waals surface area contributed by atoms with E-state index in [0.717, 1.165) is 16.8 Å². The van der Waals surface area contributed by atoms with Gasteiger partial charge in [0.2, 0.25) is 5.91 Å². The third-order valence-corrected chi connectivity index (χ3v) is 3.49. The molecule has 6 heteroatoms. The van der Waals surface area contributed by atoms with Crippen LogP contribution in [0.15, 0.2) is 18.2 Å². The summed E-state index contributed by atoms with van der Waals surface area (Å²) in [5, 5.41) is 2.98. The summed E-state index contributed by atoms with van der Waals surface area (Å²) in [5.41, 5.74) is 1.47. The summed E-state index contributed by atoms with van der Waals surface area (Å²) in [7, 11) is 1.62. The minimum absolute atomic E-state index is 0.0599. The highest BCUT2D eigenvalue weighted by Crippen LogP contribution is 2.23. The third kappa shape index (κ3) is 3.26. The van der Waals surface area contributed by atoms with Gasteiger partial charge in [0.1, 0.15) is 11.8 Å². The number of methoxy groups -OCH3 is 1. The van der Waals surface area contributed by atoms with Gasteiger partial charge in [0.25, 0.3) is 0 Å². The first kappa shape index (κ1) is 15.6. The molecule has 0 spiro atoms. The van der Waals surface area contributed by atoms with E-state index in [4.69, 9.17) is 17.0 Å². The Morgan fingerprint density at radius 1 is 1.43 bits per heavy atom. The second-order valence-corrected chi connectivity index (χ2v) is 6.49. The molecule has 2 rings (SSSR count). The van der Waals surface area contributed by atoms with Crippen LogP contribution < -0.4 is 10.1 Å². The molecule has 5 nitrogen and oxygen atoms in total. The summed E-state index contributed by atoms with van der Waals surface area (Å²) in [4.78, 5) is 15.5. The molecule has 2 aromatic rings. The van der Waals surface area contributed by atoms with Gasteiger partial charge in [-0.25, -0.2) is 0 Å². The standard InChI is InChI=1S/C15H21N3O2S/c1-9(13(19)17-15(2,3)4)18-12-7-6-10(20-5)8-11(12)16-14(18)21/h6-9H,1-5H3,(H,16,21)(H,17,19). The van der Waals surface area contributed by atoms with Gasteiger partial charge in [0.15, 0.2) is 4.77 Å². The van der Waals surface area contributed by atoms with Gasteiger partial charge in [0.05, 0.1) is 18.1 Å². The Labute approximate surface area is 129 Å². The molecule has 21 heavy (non-hydrogen) atoms. The van der Waals surface area contributed by atoms with E-state index >= 15 is 0 Å². The number of aromatic amines is 1. The van der Waals surface area contributed by atoms with E-state index in [1.54, 1.807) is 7.11 Å². The number of ether oxygens (including phenoxy) is 1. The minimum atomic E-state index is -0.390. The van der Waals surface area contributed by atoms with E-state index in [1.807, 2.05) is 50.5 Å². The highest BCUT2D eigenvalue weighted by molar-refractivity contribution is 7.71. The molecule has 0 aliphatic heterocycles. The molecule has 1 aromatic carbocycles. The van der Waals surface area contributed by atoms with E-state index in [9.17, 15) is 4.79 Å². The molecule has 114 valence electrons. The number of hydrogen-bond acceptors (Lipinski definition) is 3. The molecule has 0 radical (unpaired) electrons. The number of H-pyrrole nitrogens is 1. The SMILES string of the molecule is COc1ccc2c(c1)[nH]c(=S)n2C(C)C(=O)NC(C)(C)C. The largest absolute Gasteiger partial charge is 0.497 e. The second kappa shape index (κ2) is 5.52. The fraction of sp³-hybridized carbons (Fsp3) is 0.467. The number of carbonyl (C=O) groups is 1. The second-order valence-electron chi connectivity index (χ2n) is 6.10. The maximum Gasteiger partial charge on any atom is 0.243 e. The Morgan fingerprint density at radius 2 is 2.10 bits per heavy atom. The first-order valence-electron chi connectivity index (χ1n) is 6.83. The van der Waals surface area contributed by atoms with Crippen LogP contribution in [0.2, 0.25) is 0 Å². The van der Waals surface area contributed by atoms with Gasteiger partial charge in [-0.1, -0.05) is 0 Å². The van der Waals surface area contributed by atoms with Crippen LogP contribution in [0.4, 0.5) is 0 Å². The summed E-state index contributed by atoms with van der Waals surface area (Å²) in [6, 6.07) is 5.24. The fourth-order valence-corrected chi connectivity index (χ4v) is 2.58. The van der Waals surface area contributed by atoms with E-state index in [1.165, 1.54) is 0 Å². The smallest absolute Gasteiger partial charge is 0.243 e. The lowest BCUT2D eigenvalue weighted by atomic mass is 10.1. The average Bonchev–Trinajstić information content (AvgIpc) is 2.70. The van der Waals surface area contributed by atoms with Gasteiger partial charge in [-0.2, -0.15) is 0 Å². The Balaban J connectivity index is 2.44. The van der Waals surface area contributed by atoms with Crippen molar-refractivity contribution in [1.29, 1.82) is 0 Å². The maximum atomic E-state index is 12.4. The number of aromatic nitrogens is 2. The van der Waals surface area contributed by atoms with E-state index in [0.29, 0.717) is 4.77 Å². The van der Waals surface area contributed by atoms with Crippen LogP contribution >= 0.6 is 12.2 Å². The number of rotatable bonds is 3. The number of carbonyl (C=O) groups excluding carboxylic acids is 1. The molecular formula is C15H21N3O2S. The topological polar surface area (TPSA) is 59.0 Å². The van der Waals surface area contributed by atoms with Crippen molar-refractivity contribution in [2.75, 3.05) is 7.11 Å². The quantitative estimate of drug-likeness (QED) is 0.856. The van der Waals surface area contributed by atoms with Gasteiger partial charge >= 0.3 is 0 Å². The number of benzene rings is 1. The lowest BCUT2D eigenvalue weighted by molar-refractivity contribution is -0.125. The Kier molecular flexibility index (Phi) is 4.09. The van der Waals surface area contributed by atoms with Gasteiger partial charge in [0, 0.05) is 11.6 Å². The number of imidazole rings is 1. The lowest BCUT2D eigenvalue weighted by Gasteiger charge is -2.24. The molecule has 1 aromatic heterocycles. The van der Waals surface area contributed by atoms with Crippen LogP contribution in [0, 0.1) is 4.77 Å². The van der Waals surface area contributed by atoms with Crippen LogP contribution in [0.25, 0.3) is 11.0 Å². The predicted octanol–water partition coefficient (Wildman–Crippen LogP) is 3.18. The number of hydrogen-bond donors (Lipinski definition) is 2. The van der Waals surface area contributed by atoms with Gasteiger partial charge in [-0.15, -0.1) is 0 Å². The van der Waals surface area contributed by atoms with Crippen molar-refractivity contribution in [3.8, 4) is 5.75 Å². The zero-order chi connectivity index (χ0) is 15.8. The highest BCUT2D eigenvalue weighted by Gasteiger charge is 2.22. The van der Waals surface area contributed by atoms with Crippen LogP contribution in [0.1, 0.15) is 33.7 Å². The molecule has 1 heterocycles. The molecule has 0 fully saturated rings. The van der Waals surface area contributed by atoms with Crippen molar-refractivity contribution in [2.24, 2.45) is 0 Å². The van der Waals surface area contributed by atoms with Crippen LogP contribution in [-0.2, 0) is 4.79 Å². The zero-order valence-electron chi connectivity index (χ0n) is 13.0. The molecule has 0 aliphatic rings. The predicted molar refractivity (Wildman–Crippen MR) is 86.3 cm³/mol. The number of fused-ring (bicyclic) bond motifs is 1. The summed E-state index contributed by atoms with van der Waals surface area (Å²) in [5.74, 6) is 0.688. The van der Waals surface area contributed by atoms with Crippen LogP contribution in [0.5, 0.6) is 5.75 Å². The molecule has 0 aliphatic carbocycles. The van der Waals surface area contributed by atoms with Crippen LogP contribution in [-0.4, -0.2) is 28.1 Å². The van der Waals surface area contributed by atoms with Crippen molar-refractivity contribution < 1.29 is 9.53 Å².